The number of urea groups is 1. The van der Waals surface area contributed by atoms with E-state index < -0.39 is 0 Å². The number of carbonyl (C=O) groups excluding carboxylic acids is 1. The van der Waals surface area contributed by atoms with Crippen molar-refractivity contribution in [2.75, 3.05) is 11.9 Å². The van der Waals surface area contributed by atoms with Gasteiger partial charge in [-0.1, -0.05) is 24.3 Å². The number of ether oxygens (including phenoxy) is 1. The van der Waals surface area contributed by atoms with E-state index >= 15 is 0 Å². The summed E-state index contributed by atoms with van der Waals surface area (Å²) in [5, 5.41) is 5.74. The molecule has 6 heteroatoms. The number of nitrogens with one attached hydrogen (secondary N) is 2. The van der Waals surface area contributed by atoms with Gasteiger partial charge in [0.05, 0.1) is 22.8 Å². The molecule has 2 N–H and O–H groups in total. The van der Waals surface area contributed by atoms with Crippen LogP contribution in [0, 0.1) is 6.92 Å². The molecule has 0 aliphatic heterocycles. The Bertz CT molecular complexity index is 902. The van der Waals surface area contributed by atoms with Crippen LogP contribution in [-0.2, 0) is 6.54 Å². The Morgan fingerprint density at radius 3 is 2.69 bits per heavy atom. The smallest absolute Gasteiger partial charge is 0.319 e. The number of aryl methyl sites for hydroxylation is 1. The van der Waals surface area contributed by atoms with Gasteiger partial charge in [0, 0.05) is 13.1 Å². The molecule has 26 heavy (non-hydrogen) atoms. The molecule has 3 rings (SSSR count). The number of benzene rings is 2. The Morgan fingerprint density at radius 1 is 1.15 bits per heavy atom. The molecule has 0 saturated heterocycles. The van der Waals surface area contributed by atoms with E-state index in [4.69, 9.17) is 4.74 Å². The predicted molar refractivity (Wildman–Crippen MR) is 104 cm³/mol. The predicted octanol–water partition coefficient (Wildman–Crippen LogP) is 3.95. The highest BCUT2D eigenvalue weighted by Gasteiger charge is 2.10. The van der Waals surface area contributed by atoms with E-state index in [1.165, 1.54) is 0 Å². The van der Waals surface area contributed by atoms with Crippen LogP contribution in [0.25, 0.3) is 11.0 Å². The number of amides is 2. The molecule has 1 aromatic heterocycles. The fourth-order valence-corrected chi connectivity index (χ4v) is 2.85. The van der Waals surface area contributed by atoms with Crippen LogP contribution in [-0.4, -0.2) is 28.2 Å². The monoisotopic (exact) mass is 352 g/mol. The number of aromatic nitrogens is 2. The van der Waals surface area contributed by atoms with Crippen LogP contribution in [0.1, 0.15) is 19.7 Å². The maximum atomic E-state index is 12.2. The summed E-state index contributed by atoms with van der Waals surface area (Å²) in [5.74, 6) is 1.60. The van der Waals surface area contributed by atoms with Crippen molar-refractivity contribution in [1.29, 1.82) is 0 Å². The molecule has 2 aromatic carbocycles. The maximum absolute atomic E-state index is 12.2. The average molecular weight is 352 g/mol. The third-order valence-corrected chi connectivity index (χ3v) is 3.96. The Morgan fingerprint density at radius 2 is 1.88 bits per heavy atom. The van der Waals surface area contributed by atoms with Crippen molar-refractivity contribution < 1.29 is 9.53 Å². The van der Waals surface area contributed by atoms with Gasteiger partial charge in [0.25, 0.3) is 0 Å². The van der Waals surface area contributed by atoms with E-state index in [9.17, 15) is 4.79 Å². The Balaban J connectivity index is 1.59. The lowest BCUT2D eigenvalue weighted by atomic mass is 10.3. The molecule has 0 atom stereocenters. The van der Waals surface area contributed by atoms with Crippen LogP contribution in [0.3, 0.4) is 0 Å². The summed E-state index contributed by atoms with van der Waals surface area (Å²) in [6.45, 7) is 7.03. The summed E-state index contributed by atoms with van der Waals surface area (Å²) >= 11 is 0. The zero-order valence-corrected chi connectivity index (χ0v) is 15.3. The van der Waals surface area contributed by atoms with Crippen molar-refractivity contribution in [3.05, 3.63) is 54.4 Å². The van der Waals surface area contributed by atoms with Crippen molar-refractivity contribution in [1.82, 2.24) is 14.9 Å². The van der Waals surface area contributed by atoms with Crippen molar-refractivity contribution in [3.8, 4) is 5.75 Å². The Hall–Kier alpha value is -3.02. The second-order valence-electron chi connectivity index (χ2n) is 6.34. The first-order valence-corrected chi connectivity index (χ1v) is 8.77. The average Bonchev–Trinajstić information content (AvgIpc) is 2.92. The third-order valence-electron chi connectivity index (χ3n) is 3.96. The molecular weight excluding hydrogens is 328 g/mol. The lowest BCUT2D eigenvalue weighted by molar-refractivity contribution is 0.241. The van der Waals surface area contributed by atoms with E-state index in [1.807, 2.05) is 69.3 Å². The lowest BCUT2D eigenvalue weighted by Gasteiger charge is -2.15. The normalized spacial score (nSPS) is 10.9. The summed E-state index contributed by atoms with van der Waals surface area (Å²) in [4.78, 5) is 16.8. The van der Waals surface area contributed by atoms with Gasteiger partial charge in [-0.15, -0.1) is 0 Å². The van der Waals surface area contributed by atoms with Crippen molar-refractivity contribution >= 4 is 22.8 Å². The number of carbonyl (C=O) groups is 1. The molecule has 0 radical (unpaired) electrons. The first-order chi connectivity index (χ1) is 12.5. The van der Waals surface area contributed by atoms with Crippen LogP contribution >= 0.6 is 0 Å². The van der Waals surface area contributed by atoms with Crippen molar-refractivity contribution in [2.24, 2.45) is 0 Å². The Kier molecular flexibility index (Phi) is 5.41. The second kappa shape index (κ2) is 7.91. The number of para-hydroxylation sites is 4. The van der Waals surface area contributed by atoms with E-state index in [2.05, 4.69) is 20.2 Å². The zero-order valence-electron chi connectivity index (χ0n) is 15.3. The van der Waals surface area contributed by atoms with Crippen LogP contribution in [0.5, 0.6) is 5.75 Å². The molecule has 1 heterocycles. The molecule has 0 spiro atoms. The molecule has 0 aliphatic rings. The number of imidazole rings is 1. The summed E-state index contributed by atoms with van der Waals surface area (Å²) in [5.41, 5.74) is 2.69. The molecule has 0 fully saturated rings. The quantitative estimate of drug-likeness (QED) is 0.706. The molecule has 2 amide bonds. The van der Waals surface area contributed by atoms with Gasteiger partial charge in [-0.05, 0) is 45.0 Å². The lowest BCUT2D eigenvalue weighted by Crippen LogP contribution is -2.31. The standard InChI is InChI=1S/C20H24N4O2/c1-14(2)26-19-11-7-5-9-17(19)23-20(25)21-12-13-24-15(3)22-16-8-4-6-10-18(16)24/h4-11,14H,12-13H2,1-3H3,(H2,21,23,25). The van der Waals surface area contributed by atoms with Crippen LogP contribution in [0.15, 0.2) is 48.5 Å². The Labute approximate surface area is 153 Å². The molecule has 6 nitrogen and oxygen atoms in total. The van der Waals surface area contributed by atoms with E-state index in [1.54, 1.807) is 0 Å². The molecule has 136 valence electrons. The minimum atomic E-state index is -0.258. The number of hydrogen-bond donors (Lipinski definition) is 2. The molecule has 0 unspecified atom stereocenters. The van der Waals surface area contributed by atoms with Crippen molar-refractivity contribution in [3.63, 3.8) is 0 Å². The molecule has 0 aliphatic carbocycles. The summed E-state index contributed by atoms with van der Waals surface area (Å²) < 4.78 is 7.82. The fourth-order valence-electron chi connectivity index (χ4n) is 2.85. The van der Waals surface area contributed by atoms with Gasteiger partial charge in [0.1, 0.15) is 11.6 Å². The molecule has 3 aromatic rings. The van der Waals surface area contributed by atoms with Gasteiger partial charge in [-0.25, -0.2) is 9.78 Å². The third kappa shape index (κ3) is 4.14. The van der Waals surface area contributed by atoms with Gasteiger partial charge < -0.3 is 19.9 Å². The molecular formula is C20H24N4O2. The highest BCUT2D eigenvalue weighted by atomic mass is 16.5. The number of hydrogen-bond acceptors (Lipinski definition) is 3. The molecule has 0 saturated carbocycles. The SMILES string of the molecule is Cc1nc2ccccc2n1CCNC(=O)Nc1ccccc1OC(C)C. The minimum Gasteiger partial charge on any atom is -0.489 e. The number of fused-ring (bicyclic) bond motifs is 1. The number of nitrogens with zero attached hydrogens (tertiary/aromatic N) is 2. The van der Waals surface area contributed by atoms with Gasteiger partial charge in [0.2, 0.25) is 0 Å². The van der Waals surface area contributed by atoms with E-state index in [-0.39, 0.29) is 12.1 Å². The first-order valence-electron chi connectivity index (χ1n) is 8.77. The van der Waals surface area contributed by atoms with Crippen LogP contribution in [0.2, 0.25) is 0 Å². The van der Waals surface area contributed by atoms with E-state index in [0.29, 0.717) is 24.5 Å². The zero-order chi connectivity index (χ0) is 18.5. The van der Waals surface area contributed by atoms with Gasteiger partial charge in [0.15, 0.2) is 0 Å². The van der Waals surface area contributed by atoms with Gasteiger partial charge >= 0.3 is 6.03 Å². The summed E-state index contributed by atoms with van der Waals surface area (Å²) in [6.07, 6.45) is 0.0403. The topological polar surface area (TPSA) is 68.2 Å². The fraction of sp³-hybridized carbons (Fsp3) is 0.300. The number of anilines is 1. The van der Waals surface area contributed by atoms with Gasteiger partial charge in [-0.2, -0.15) is 0 Å². The second-order valence-corrected chi connectivity index (χ2v) is 6.34. The van der Waals surface area contributed by atoms with Crippen LogP contribution in [0.4, 0.5) is 10.5 Å². The van der Waals surface area contributed by atoms with E-state index in [0.717, 1.165) is 16.9 Å². The van der Waals surface area contributed by atoms with Crippen LogP contribution < -0.4 is 15.4 Å². The molecule has 0 bridgehead atoms. The summed E-state index contributed by atoms with van der Waals surface area (Å²) in [7, 11) is 0. The summed E-state index contributed by atoms with van der Waals surface area (Å²) in [6, 6.07) is 15.2. The highest BCUT2D eigenvalue weighted by Crippen LogP contribution is 2.24. The highest BCUT2D eigenvalue weighted by molar-refractivity contribution is 5.90. The minimum absolute atomic E-state index is 0.0403. The van der Waals surface area contributed by atoms with Crippen molar-refractivity contribution in [2.45, 2.75) is 33.4 Å². The largest absolute Gasteiger partial charge is 0.489 e. The number of rotatable bonds is 6. The maximum Gasteiger partial charge on any atom is 0.319 e. The first kappa shape index (κ1) is 17.8. The van der Waals surface area contributed by atoms with Gasteiger partial charge in [-0.3, -0.25) is 0 Å².